The monoisotopic (exact) mass is 503 g/mol. The van der Waals surface area contributed by atoms with Crippen molar-refractivity contribution in [3.8, 4) is 0 Å². The second-order valence-corrected chi connectivity index (χ2v) is 9.95. The van der Waals surface area contributed by atoms with Crippen molar-refractivity contribution < 1.29 is 19.1 Å². The van der Waals surface area contributed by atoms with Crippen molar-refractivity contribution in [1.29, 1.82) is 0 Å². The van der Waals surface area contributed by atoms with Crippen molar-refractivity contribution in [2.45, 2.75) is 64.5 Å². The number of rotatable bonds is 8. The Labute approximate surface area is 216 Å². The van der Waals surface area contributed by atoms with E-state index in [-0.39, 0.29) is 42.1 Å². The molecule has 2 aliphatic heterocycles. The molecule has 9 nitrogen and oxygen atoms in total. The van der Waals surface area contributed by atoms with Gasteiger partial charge in [-0.2, -0.15) is 0 Å². The van der Waals surface area contributed by atoms with Crippen LogP contribution in [0.3, 0.4) is 0 Å². The van der Waals surface area contributed by atoms with Gasteiger partial charge in [0.15, 0.2) is 5.69 Å². The Hall–Kier alpha value is -3.75. The summed E-state index contributed by atoms with van der Waals surface area (Å²) in [6, 6.07) is 7.59. The topological polar surface area (TPSA) is 106 Å². The predicted molar refractivity (Wildman–Crippen MR) is 137 cm³/mol. The van der Waals surface area contributed by atoms with Crippen molar-refractivity contribution in [2.75, 3.05) is 13.2 Å². The van der Waals surface area contributed by atoms with Crippen molar-refractivity contribution in [1.82, 2.24) is 24.6 Å². The molecule has 0 aliphatic carbocycles. The minimum absolute atomic E-state index is 0.0367. The third kappa shape index (κ3) is 5.08. The number of aryl methyl sites for hydroxylation is 2. The van der Waals surface area contributed by atoms with Crippen LogP contribution >= 0.6 is 0 Å². The summed E-state index contributed by atoms with van der Waals surface area (Å²) in [7, 11) is 0. The Balaban J connectivity index is 1.18. The summed E-state index contributed by atoms with van der Waals surface area (Å²) >= 11 is 0. The van der Waals surface area contributed by atoms with E-state index < -0.39 is 5.97 Å². The van der Waals surface area contributed by atoms with E-state index in [1.165, 1.54) is 11.9 Å². The summed E-state index contributed by atoms with van der Waals surface area (Å²) in [4.78, 5) is 49.1. The number of pyridine rings is 2. The van der Waals surface area contributed by atoms with Crippen molar-refractivity contribution in [3.05, 3.63) is 65.5 Å². The molecule has 3 aromatic heterocycles. The molecule has 2 amide bonds. The van der Waals surface area contributed by atoms with E-state index in [0.29, 0.717) is 30.5 Å². The number of amides is 2. The summed E-state index contributed by atoms with van der Waals surface area (Å²) in [6.45, 7) is 4.70. The molecule has 2 saturated heterocycles. The number of fused-ring (bicyclic) bond motifs is 3. The summed E-state index contributed by atoms with van der Waals surface area (Å²) in [5, 5.41) is 3.11. The van der Waals surface area contributed by atoms with Gasteiger partial charge in [0.2, 0.25) is 5.91 Å². The highest BCUT2D eigenvalue weighted by atomic mass is 16.5. The summed E-state index contributed by atoms with van der Waals surface area (Å²) in [5.74, 6) is -0.492. The fraction of sp³-hybridized carbons (Fsp3) is 0.464. The van der Waals surface area contributed by atoms with Crippen molar-refractivity contribution in [3.63, 3.8) is 0 Å². The Morgan fingerprint density at radius 1 is 1.11 bits per heavy atom. The lowest BCUT2D eigenvalue weighted by molar-refractivity contribution is -0.127. The molecule has 194 valence electrons. The van der Waals surface area contributed by atoms with Crippen LogP contribution in [0.5, 0.6) is 0 Å². The Morgan fingerprint density at radius 2 is 1.89 bits per heavy atom. The van der Waals surface area contributed by atoms with Crippen LogP contribution in [-0.4, -0.2) is 62.3 Å². The highest BCUT2D eigenvalue weighted by Gasteiger charge is 2.45. The van der Waals surface area contributed by atoms with E-state index in [2.05, 4.69) is 28.3 Å². The standard InChI is InChI=1S/C28H33N5O4/c1-3-37-28(36)25-24-11-8-19(16-32(24)17-31-25)27(35)33-21-9-10-22(33)15-20(14-21)26(34)30-13-5-7-23-18(2)6-4-12-29-23/h4,6,8,11-12,16-17,20-22H,3,5,7,9-10,13-15H2,1-2H3,(H,30,34). The number of ether oxygens (including phenoxy) is 1. The number of nitrogens with one attached hydrogen (secondary N) is 1. The first-order chi connectivity index (χ1) is 18.0. The number of carbonyl (C=O) groups is 3. The number of hydrogen-bond donors (Lipinski definition) is 1. The molecule has 37 heavy (non-hydrogen) atoms. The number of nitrogens with zero attached hydrogens (tertiary/aromatic N) is 4. The van der Waals surface area contributed by atoms with Crippen LogP contribution in [-0.2, 0) is 16.0 Å². The van der Waals surface area contributed by atoms with Gasteiger partial charge in [-0.15, -0.1) is 0 Å². The maximum atomic E-state index is 13.5. The molecule has 2 fully saturated rings. The second kappa shape index (κ2) is 10.7. The minimum Gasteiger partial charge on any atom is -0.461 e. The molecule has 9 heteroatoms. The van der Waals surface area contributed by atoms with Gasteiger partial charge in [0, 0.05) is 42.6 Å². The molecule has 5 heterocycles. The fourth-order valence-corrected chi connectivity index (χ4v) is 5.75. The molecule has 2 unspecified atom stereocenters. The summed E-state index contributed by atoms with van der Waals surface area (Å²) in [5.41, 5.74) is 3.64. The maximum Gasteiger partial charge on any atom is 0.359 e. The first kappa shape index (κ1) is 24.9. The normalized spacial score (nSPS) is 20.7. The van der Waals surface area contributed by atoms with Crippen LogP contribution in [0.1, 0.15) is 71.1 Å². The average molecular weight is 504 g/mol. The molecule has 1 N–H and O–H groups in total. The van der Waals surface area contributed by atoms with Crippen LogP contribution in [0, 0.1) is 12.8 Å². The summed E-state index contributed by atoms with van der Waals surface area (Å²) < 4.78 is 6.75. The lowest BCUT2D eigenvalue weighted by Crippen LogP contribution is -2.49. The number of piperidine rings is 1. The van der Waals surface area contributed by atoms with Crippen LogP contribution in [0.4, 0.5) is 0 Å². The van der Waals surface area contributed by atoms with Crippen LogP contribution in [0.15, 0.2) is 43.0 Å². The van der Waals surface area contributed by atoms with Crippen molar-refractivity contribution in [2.24, 2.45) is 5.92 Å². The zero-order valence-electron chi connectivity index (χ0n) is 21.4. The maximum absolute atomic E-state index is 13.5. The van der Waals surface area contributed by atoms with Gasteiger partial charge in [-0.25, -0.2) is 9.78 Å². The van der Waals surface area contributed by atoms with E-state index in [1.807, 2.05) is 11.0 Å². The third-order valence-corrected chi connectivity index (χ3v) is 7.59. The molecule has 0 aromatic carbocycles. The van der Waals surface area contributed by atoms with E-state index >= 15 is 0 Å². The summed E-state index contributed by atoms with van der Waals surface area (Å²) in [6.07, 6.45) is 9.95. The van der Waals surface area contributed by atoms with E-state index in [9.17, 15) is 14.4 Å². The first-order valence-electron chi connectivity index (χ1n) is 13.1. The van der Waals surface area contributed by atoms with Gasteiger partial charge >= 0.3 is 5.97 Å². The highest BCUT2D eigenvalue weighted by molar-refractivity contribution is 5.97. The van der Waals surface area contributed by atoms with E-state index in [4.69, 9.17) is 4.74 Å². The second-order valence-electron chi connectivity index (χ2n) is 9.95. The van der Waals surface area contributed by atoms with Gasteiger partial charge in [0.1, 0.15) is 6.33 Å². The highest BCUT2D eigenvalue weighted by Crippen LogP contribution is 2.39. The Kier molecular flexibility index (Phi) is 7.21. The largest absolute Gasteiger partial charge is 0.461 e. The van der Waals surface area contributed by atoms with E-state index in [0.717, 1.165) is 31.4 Å². The zero-order valence-corrected chi connectivity index (χ0v) is 21.4. The molecule has 2 atom stereocenters. The van der Waals surface area contributed by atoms with Gasteiger partial charge in [-0.1, -0.05) is 6.07 Å². The minimum atomic E-state index is -0.477. The van der Waals surface area contributed by atoms with Gasteiger partial charge in [-0.3, -0.25) is 14.6 Å². The van der Waals surface area contributed by atoms with Crippen LogP contribution < -0.4 is 5.32 Å². The molecule has 0 saturated carbocycles. The van der Waals surface area contributed by atoms with Gasteiger partial charge in [0.25, 0.3) is 5.91 Å². The molecule has 3 aromatic rings. The Morgan fingerprint density at radius 3 is 2.62 bits per heavy atom. The number of hydrogen-bond acceptors (Lipinski definition) is 6. The molecule has 2 aliphatic rings. The third-order valence-electron chi connectivity index (χ3n) is 7.59. The fourth-order valence-electron chi connectivity index (χ4n) is 5.75. The number of aromatic nitrogens is 3. The number of imidazole rings is 1. The molecule has 0 spiro atoms. The van der Waals surface area contributed by atoms with Gasteiger partial charge < -0.3 is 19.4 Å². The Bertz CT molecular complexity index is 1300. The van der Waals surface area contributed by atoms with E-state index in [1.54, 1.807) is 35.9 Å². The first-order valence-corrected chi connectivity index (χ1v) is 13.1. The van der Waals surface area contributed by atoms with Crippen molar-refractivity contribution >= 4 is 23.3 Å². The average Bonchev–Trinajstić information content (AvgIpc) is 3.44. The predicted octanol–water partition coefficient (Wildman–Crippen LogP) is 3.35. The lowest BCUT2D eigenvalue weighted by atomic mass is 9.89. The van der Waals surface area contributed by atoms with Crippen LogP contribution in [0.25, 0.3) is 5.52 Å². The smallest absolute Gasteiger partial charge is 0.359 e. The molecular weight excluding hydrogens is 470 g/mol. The quantitative estimate of drug-likeness (QED) is 0.373. The molecule has 5 rings (SSSR count). The molecule has 0 radical (unpaired) electrons. The SMILES string of the molecule is CCOC(=O)c1ncn2cc(C(=O)N3C4CCC3CC(C(=O)NCCCc3ncccc3C)C4)ccc12. The number of carbonyl (C=O) groups excluding carboxylic acids is 3. The zero-order chi connectivity index (χ0) is 25.9. The number of esters is 1. The molecule has 2 bridgehead atoms. The lowest BCUT2D eigenvalue weighted by Gasteiger charge is -2.38. The van der Waals surface area contributed by atoms with Crippen LogP contribution in [0.2, 0.25) is 0 Å². The van der Waals surface area contributed by atoms with Gasteiger partial charge in [0.05, 0.1) is 17.7 Å². The molecular formula is C28H33N5O4. The van der Waals surface area contributed by atoms with Gasteiger partial charge in [-0.05, 0) is 76.1 Å².